The summed E-state index contributed by atoms with van der Waals surface area (Å²) in [5, 5.41) is 5.01. The molecule has 0 atom stereocenters. The van der Waals surface area contributed by atoms with Gasteiger partial charge in [-0.25, -0.2) is 0 Å². The molecule has 0 fully saturated rings. The van der Waals surface area contributed by atoms with Crippen LogP contribution in [0, 0.1) is 0 Å². The molecule has 11 aromatic carbocycles. The van der Waals surface area contributed by atoms with Crippen LogP contribution in [0.15, 0.2) is 273 Å². The lowest BCUT2D eigenvalue weighted by Crippen LogP contribution is -2.28. The second-order valence-corrected chi connectivity index (χ2v) is 18.4. The number of rotatable bonds is 8. The summed E-state index contributed by atoms with van der Waals surface area (Å²) in [6.07, 6.45) is 0. The molecule has 14 rings (SSSR count). The minimum atomic E-state index is -0.482. The largest absolute Gasteiger partial charge is 0.310 e. The highest BCUT2D eigenvalue weighted by Crippen LogP contribution is 2.56. The van der Waals surface area contributed by atoms with Crippen LogP contribution in [-0.4, -0.2) is 9.13 Å². The van der Waals surface area contributed by atoms with E-state index in [0.29, 0.717) is 0 Å². The molecule has 0 saturated heterocycles. The standard InChI is InChI=1S/C67H45N3/c1-2-19-48(20-3-1)67(61-30-10-4-24-55(61)56-25-5-11-31-62(56)67)49-38-42-51(43-39-49)68(53-22-17-23-54(45-53)70-65-34-14-8-28-59(65)60-29-9-15-35-66(60)70)50-40-36-46(37-41-50)47-18-16-21-52(44-47)69-63-32-12-6-26-57(63)58-27-7-13-33-64(58)69/h1-45H. The molecule has 70 heavy (non-hydrogen) atoms. The second kappa shape index (κ2) is 16.0. The number of nitrogens with zero attached hydrogens (tertiary/aromatic N) is 3. The minimum Gasteiger partial charge on any atom is -0.310 e. The number of aromatic nitrogens is 2. The van der Waals surface area contributed by atoms with Crippen LogP contribution >= 0.6 is 0 Å². The predicted octanol–water partition coefficient (Wildman–Crippen LogP) is 17.4. The summed E-state index contributed by atoms with van der Waals surface area (Å²) in [6, 6.07) is 100. The Hall–Kier alpha value is -9.18. The van der Waals surface area contributed by atoms with Gasteiger partial charge in [0.2, 0.25) is 0 Å². The van der Waals surface area contributed by atoms with Crippen molar-refractivity contribution in [2.75, 3.05) is 4.90 Å². The Labute approximate surface area is 407 Å². The van der Waals surface area contributed by atoms with Crippen LogP contribution in [0.2, 0.25) is 0 Å². The van der Waals surface area contributed by atoms with E-state index in [9.17, 15) is 0 Å². The Morgan fingerprint density at radius 2 is 0.686 bits per heavy atom. The van der Waals surface area contributed by atoms with Crippen LogP contribution < -0.4 is 4.90 Å². The van der Waals surface area contributed by atoms with Crippen LogP contribution in [0.1, 0.15) is 22.3 Å². The summed E-state index contributed by atoms with van der Waals surface area (Å²) in [6.45, 7) is 0. The normalized spacial score (nSPS) is 12.7. The van der Waals surface area contributed by atoms with E-state index in [1.165, 1.54) is 82.6 Å². The van der Waals surface area contributed by atoms with Crippen molar-refractivity contribution in [1.29, 1.82) is 0 Å². The first-order chi connectivity index (χ1) is 34.7. The lowest BCUT2D eigenvalue weighted by atomic mass is 9.68. The van der Waals surface area contributed by atoms with Crippen molar-refractivity contribution in [3.8, 4) is 33.6 Å². The van der Waals surface area contributed by atoms with Crippen molar-refractivity contribution in [3.63, 3.8) is 0 Å². The van der Waals surface area contributed by atoms with Crippen molar-refractivity contribution in [3.05, 3.63) is 295 Å². The number of para-hydroxylation sites is 4. The molecule has 0 unspecified atom stereocenters. The SMILES string of the molecule is c1ccc(C2(c3ccc(N(c4ccc(-c5cccc(-n6c7ccccc7c7ccccc76)c5)cc4)c4cccc(-n5c6ccccc6c6ccccc65)c4)cc3)c3ccccc3-c3ccccc32)cc1. The van der Waals surface area contributed by atoms with Crippen molar-refractivity contribution in [2.24, 2.45) is 0 Å². The van der Waals surface area contributed by atoms with E-state index in [-0.39, 0.29) is 0 Å². The van der Waals surface area contributed by atoms with E-state index < -0.39 is 5.41 Å². The quantitative estimate of drug-likeness (QED) is 0.148. The molecule has 0 spiro atoms. The molecule has 2 aromatic heterocycles. The summed E-state index contributed by atoms with van der Waals surface area (Å²) >= 11 is 0. The van der Waals surface area contributed by atoms with E-state index in [1.54, 1.807) is 0 Å². The van der Waals surface area contributed by atoms with Gasteiger partial charge in [-0.1, -0.05) is 194 Å². The highest BCUT2D eigenvalue weighted by Gasteiger charge is 2.45. The molecule has 0 aliphatic heterocycles. The van der Waals surface area contributed by atoms with Crippen molar-refractivity contribution in [2.45, 2.75) is 5.41 Å². The Morgan fingerprint density at radius 3 is 1.21 bits per heavy atom. The van der Waals surface area contributed by atoms with Gasteiger partial charge in [0.05, 0.1) is 27.5 Å². The fraction of sp³-hybridized carbons (Fsp3) is 0.0149. The zero-order chi connectivity index (χ0) is 46.2. The van der Waals surface area contributed by atoms with Gasteiger partial charge >= 0.3 is 0 Å². The van der Waals surface area contributed by atoms with E-state index in [1.807, 2.05) is 0 Å². The number of fused-ring (bicyclic) bond motifs is 9. The van der Waals surface area contributed by atoms with E-state index >= 15 is 0 Å². The van der Waals surface area contributed by atoms with Gasteiger partial charge < -0.3 is 14.0 Å². The molecule has 2 heterocycles. The Morgan fingerprint density at radius 1 is 0.271 bits per heavy atom. The number of hydrogen-bond acceptors (Lipinski definition) is 1. The predicted molar refractivity (Wildman–Crippen MR) is 293 cm³/mol. The maximum atomic E-state index is 2.41. The molecular formula is C67H45N3. The van der Waals surface area contributed by atoms with Gasteiger partial charge in [0.1, 0.15) is 0 Å². The van der Waals surface area contributed by atoms with E-state index in [4.69, 9.17) is 0 Å². The molecule has 328 valence electrons. The van der Waals surface area contributed by atoms with Gasteiger partial charge in [-0.2, -0.15) is 0 Å². The third-order valence-electron chi connectivity index (χ3n) is 14.8. The van der Waals surface area contributed by atoms with Crippen LogP contribution in [0.25, 0.3) is 77.2 Å². The molecular weight excluding hydrogens is 847 g/mol. The van der Waals surface area contributed by atoms with Gasteiger partial charge in [0, 0.05) is 50.0 Å². The average Bonchev–Trinajstić information content (AvgIpc) is 4.06. The minimum absolute atomic E-state index is 0.482. The third kappa shape index (κ3) is 6.01. The lowest BCUT2D eigenvalue weighted by molar-refractivity contribution is 0.768. The maximum absolute atomic E-state index is 2.41. The highest BCUT2D eigenvalue weighted by atomic mass is 15.1. The average molecular weight is 892 g/mol. The summed E-state index contributed by atoms with van der Waals surface area (Å²) in [4.78, 5) is 2.41. The molecule has 3 heteroatoms. The topological polar surface area (TPSA) is 13.1 Å². The first-order valence-corrected chi connectivity index (χ1v) is 24.2. The first-order valence-electron chi connectivity index (χ1n) is 24.2. The Balaban J connectivity index is 0.918. The van der Waals surface area contributed by atoms with Gasteiger partial charge in [-0.15, -0.1) is 0 Å². The fourth-order valence-electron chi connectivity index (χ4n) is 11.8. The molecule has 13 aromatic rings. The third-order valence-corrected chi connectivity index (χ3v) is 14.8. The molecule has 1 aliphatic carbocycles. The van der Waals surface area contributed by atoms with Gasteiger partial charge in [0.25, 0.3) is 0 Å². The molecule has 0 N–H and O–H groups in total. The smallest absolute Gasteiger partial charge is 0.0713 e. The monoisotopic (exact) mass is 891 g/mol. The van der Waals surface area contributed by atoms with Gasteiger partial charge in [-0.05, 0) is 123 Å². The Kier molecular flexibility index (Phi) is 9.11. The summed E-state index contributed by atoms with van der Waals surface area (Å²) < 4.78 is 4.80. The van der Waals surface area contributed by atoms with Crippen LogP contribution in [-0.2, 0) is 5.41 Å². The van der Waals surface area contributed by atoms with Gasteiger partial charge in [0.15, 0.2) is 0 Å². The lowest BCUT2D eigenvalue weighted by Gasteiger charge is -2.34. The van der Waals surface area contributed by atoms with Crippen molar-refractivity contribution in [1.82, 2.24) is 9.13 Å². The molecule has 0 bridgehead atoms. The Bertz CT molecular complexity index is 3970. The van der Waals surface area contributed by atoms with E-state index in [0.717, 1.165) is 34.0 Å². The zero-order valence-corrected chi connectivity index (χ0v) is 38.3. The molecule has 0 amide bonds. The highest BCUT2D eigenvalue weighted by molar-refractivity contribution is 6.10. The molecule has 0 saturated carbocycles. The molecule has 3 nitrogen and oxygen atoms in total. The van der Waals surface area contributed by atoms with Crippen molar-refractivity contribution < 1.29 is 0 Å². The fourth-order valence-corrected chi connectivity index (χ4v) is 11.8. The zero-order valence-electron chi connectivity index (χ0n) is 38.3. The second-order valence-electron chi connectivity index (χ2n) is 18.4. The van der Waals surface area contributed by atoms with Crippen LogP contribution in [0.4, 0.5) is 17.1 Å². The summed E-state index contributed by atoms with van der Waals surface area (Å²) in [5.74, 6) is 0. The van der Waals surface area contributed by atoms with Crippen LogP contribution in [0.5, 0.6) is 0 Å². The maximum Gasteiger partial charge on any atom is 0.0713 e. The number of hydrogen-bond donors (Lipinski definition) is 0. The van der Waals surface area contributed by atoms with Crippen molar-refractivity contribution >= 4 is 60.7 Å². The van der Waals surface area contributed by atoms with E-state index in [2.05, 4.69) is 287 Å². The summed E-state index contributed by atoms with van der Waals surface area (Å²) in [7, 11) is 0. The van der Waals surface area contributed by atoms with Crippen LogP contribution in [0.3, 0.4) is 0 Å². The summed E-state index contributed by atoms with van der Waals surface area (Å²) in [5.41, 5.74) is 19.8. The molecule has 1 aliphatic rings. The van der Waals surface area contributed by atoms with Gasteiger partial charge in [-0.3, -0.25) is 0 Å². The number of benzene rings is 11. The number of anilines is 3. The molecule has 0 radical (unpaired) electrons. The first kappa shape index (κ1) is 39.9.